The van der Waals surface area contributed by atoms with Crippen LogP contribution in [-0.4, -0.2) is 24.2 Å². The van der Waals surface area contributed by atoms with Gasteiger partial charge in [-0.15, -0.1) is 0 Å². The first-order valence-electron chi connectivity index (χ1n) is 11.9. The lowest BCUT2D eigenvalue weighted by molar-refractivity contribution is -0.127. The lowest BCUT2D eigenvalue weighted by atomic mass is 10.0. The summed E-state index contributed by atoms with van der Waals surface area (Å²) in [6.07, 6.45) is 0.698. The van der Waals surface area contributed by atoms with E-state index in [0.717, 1.165) is 21.5 Å². The summed E-state index contributed by atoms with van der Waals surface area (Å²) in [5, 5.41) is 7.89. The molecule has 0 aliphatic carbocycles. The number of carbonyl (C=O) groups is 2. The Morgan fingerprint density at radius 2 is 1.38 bits per heavy atom. The molecule has 0 aromatic heterocycles. The summed E-state index contributed by atoms with van der Waals surface area (Å²) >= 11 is 0. The Bertz CT molecular complexity index is 1610. The molecule has 0 saturated heterocycles. The van der Waals surface area contributed by atoms with Crippen molar-refractivity contribution in [2.24, 2.45) is 5.10 Å². The highest BCUT2D eigenvalue weighted by Crippen LogP contribution is 2.28. The predicted octanol–water partition coefficient (Wildman–Crippen LogP) is 6.13. The van der Waals surface area contributed by atoms with Crippen molar-refractivity contribution in [1.82, 2.24) is 5.43 Å². The Morgan fingerprint density at radius 3 is 2.16 bits per heavy atom. The van der Waals surface area contributed by atoms with Gasteiger partial charge >= 0.3 is 5.97 Å². The Balaban J connectivity index is 1.35. The first kappa shape index (κ1) is 23.8. The average Bonchev–Trinajstić information content (AvgIpc) is 2.94. The number of fused-ring (bicyclic) bond motifs is 2. The van der Waals surface area contributed by atoms with Crippen molar-refractivity contribution in [2.75, 3.05) is 0 Å². The fourth-order valence-corrected chi connectivity index (χ4v) is 4.02. The van der Waals surface area contributed by atoms with Gasteiger partial charge in [-0.25, -0.2) is 10.2 Å². The van der Waals surface area contributed by atoms with Gasteiger partial charge in [0.2, 0.25) is 0 Å². The molecule has 0 bridgehead atoms. The fourth-order valence-electron chi connectivity index (χ4n) is 4.02. The van der Waals surface area contributed by atoms with Crippen molar-refractivity contribution in [1.29, 1.82) is 0 Å². The normalized spacial score (nSPS) is 11.9. The van der Waals surface area contributed by atoms with Crippen LogP contribution in [0.3, 0.4) is 0 Å². The van der Waals surface area contributed by atoms with Gasteiger partial charge in [-0.1, -0.05) is 84.9 Å². The van der Waals surface area contributed by atoms with E-state index in [1.54, 1.807) is 37.3 Å². The molecule has 0 aliphatic rings. The highest BCUT2D eigenvalue weighted by atomic mass is 16.5. The van der Waals surface area contributed by atoms with Crippen LogP contribution in [0, 0.1) is 0 Å². The summed E-state index contributed by atoms with van der Waals surface area (Å²) in [5.74, 6) is 0.0680. The van der Waals surface area contributed by atoms with E-state index < -0.39 is 18.0 Å². The minimum absolute atomic E-state index is 0.339. The molecule has 5 aromatic rings. The third-order valence-corrected chi connectivity index (χ3v) is 5.93. The second kappa shape index (κ2) is 10.7. The molecule has 37 heavy (non-hydrogen) atoms. The van der Waals surface area contributed by atoms with E-state index in [1.807, 2.05) is 78.9 Å². The number of nitrogens with zero attached hydrogens (tertiary/aromatic N) is 1. The highest BCUT2D eigenvalue weighted by Gasteiger charge is 2.16. The number of hydrogen-bond acceptors (Lipinski definition) is 5. The molecule has 1 N–H and O–H groups in total. The number of amides is 1. The van der Waals surface area contributed by atoms with Crippen LogP contribution >= 0.6 is 0 Å². The van der Waals surface area contributed by atoms with E-state index in [1.165, 1.54) is 6.21 Å². The molecule has 182 valence electrons. The first-order valence-corrected chi connectivity index (χ1v) is 11.9. The van der Waals surface area contributed by atoms with Gasteiger partial charge in [0.15, 0.2) is 6.10 Å². The molecule has 0 aliphatic heterocycles. The number of rotatable bonds is 7. The molecule has 6 nitrogen and oxygen atoms in total. The molecule has 1 atom stereocenters. The van der Waals surface area contributed by atoms with Crippen LogP contribution < -0.4 is 14.9 Å². The van der Waals surface area contributed by atoms with E-state index in [4.69, 9.17) is 9.47 Å². The maximum Gasteiger partial charge on any atom is 0.343 e. The zero-order chi connectivity index (χ0) is 25.6. The number of hydrogen-bond donors (Lipinski definition) is 1. The number of nitrogens with one attached hydrogen (secondary N) is 1. The topological polar surface area (TPSA) is 77.0 Å². The van der Waals surface area contributed by atoms with E-state index in [-0.39, 0.29) is 0 Å². The number of benzene rings is 5. The van der Waals surface area contributed by atoms with Gasteiger partial charge in [0.05, 0.1) is 11.8 Å². The van der Waals surface area contributed by atoms with Crippen LogP contribution in [0.5, 0.6) is 11.5 Å². The largest absolute Gasteiger partial charge is 0.480 e. The van der Waals surface area contributed by atoms with Crippen molar-refractivity contribution >= 4 is 39.6 Å². The van der Waals surface area contributed by atoms with Crippen LogP contribution in [0.25, 0.3) is 21.5 Å². The van der Waals surface area contributed by atoms with Gasteiger partial charge in [-0.2, -0.15) is 5.10 Å². The van der Waals surface area contributed by atoms with Gasteiger partial charge in [0, 0.05) is 10.9 Å². The van der Waals surface area contributed by atoms with Crippen molar-refractivity contribution in [3.63, 3.8) is 0 Å². The number of carbonyl (C=O) groups excluding carboxylic acids is 2. The van der Waals surface area contributed by atoms with E-state index in [9.17, 15) is 9.59 Å². The SMILES string of the molecule is C[C@@H](Oc1cccc2ccccc12)C(=O)N/N=C\c1c(OC(=O)c2ccccc2)ccc2ccccc12. The quantitative estimate of drug-likeness (QED) is 0.129. The smallest absolute Gasteiger partial charge is 0.343 e. The molecule has 6 heteroatoms. The maximum absolute atomic E-state index is 12.7. The van der Waals surface area contributed by atoms with Crippen LogP contribution in [-0.2, 0) is 4.79 Å². The number of ether oxygens (including phenoxy) is 2. The summed E-state index contributed by atoms with van der Waals surface area (Å²) in [6, 6.07) is 33.6. The van der Waals surface area contributed by atoms with E-state index in [0.29, 0.717) is 22.6 Å². The Hall–Kier alpha value is -4.97. The van der Waals surface area contributed by atoms with Gasteiger partial charge in [-0.05, 0) is 47.3 Å². The average molecular weight is 489 g/mol. The van der Waals surface area contributed by atoms with Crippen LogP contribution in [0.1, 0.15) is 22.8 Å². The van der Waals surface area contributed by atoms with E-state index >= 15 is 0 Å². The summed E-state index contributed by atoms with van der Waals surface area (Å²) in [6.45, 7) is 1.66. The second-order valence-electron chi connectivity index (χ2n) is 8.43. The summed E-state index contributed by atoms with van der Waals surface area (Å²) in [4.78, 5) is 25.4. The van der Waals surface area contributed by atoms with Crippen LogP contribution in [0.15, 0.2) is 114 Å². The Kier molecular flexibility index (Phi) is 6.90. The zero-order valence-electron chi connectivity index (χ0n) is 20.1. The minimum atomic E-state index is -0.786. The molecule has 0 saturated carbocycles. The minimum Gasteiger partial charge on any atom is -0.480 e. The molecule has 0 spiro atoms. The summed E-state index contributed by atoms with van der Waals surface area (Å²) in [7, 11) is 0. The van der Waals surface area contributed by atoms with Gasteiger partial charge < -0.3 is 9.47 Å². The lowest BCUT2D eigenvalue weighted by Crippen LogP contribution is -2.33. The second-order valence-corrected chi connectivity index (χ2v) is 8.43. The Labute approximate surface area is 214 Å². The van der Waals surface area contributed by atoms with Crippen molar-refractivity contribution < 1.29 is 19.1 Å². The van der Waals surface area contributed by atoms with Gasteiger partial charge in [-0.3, -0.25) is 4.79 Å². The molecule has 0 unspecified atom stereocenters. The third kappa shape index (κ3) is 5.33. The molecular weight excluding hydrogens is 464 g/mol. The van der Waals surface area contributed by atoms with E-state index in [2.05, 4.69) is 10.5 Å². The summed E-state index contributed by atoms with van der Waals surface area (Å²) < 4.78 is 11.6. The first-order chi connectivity index (χ1) is 18.1. The van der Waals surface area contributed by atoms with Crippen LogP contribution in [0.4, 0.5) is 0 Å². The van der Waals surface area contributed by atoms with Gasteiger partial charge in [0.25, 0.3) is 5.91 Å². The monoisotopic (exact) mass is 488 g/mol. The molecule has 0 radical (unpaired) electrons. The molecule has 0 fully saturated rings. The predicted molar refractivity (Wildman–Crippen MR) is 145 cm³/mol. The molecule has 1 amide bonds. The van der Waals surface area contributed by atoms with Crippen LogP contribution in [0.2, 0.25) is 0 Å². The molecule has 5 aromatic carbocycles. The van der Waals surface area contributed by atoms with Crippen molar-refractivity contribution in [3.05, 3.63) is 120 Å². The molecule has 5 rings (SSSR count). The van der Waals surface area contributed by atoms with Gasteiger partial charge in [0.1, 0.15) is 11.5 Å². The Morgan fingerprint density at radius 1 is 0.730 bits per heavy atom. The highest BCUT2D eigenvalue weighted by molar-refractivity contribution is 6.04. The summed E-state index contributed by atoms with van der Waals surface area (Å²) in [5.41, 5.74) is 3.55. The maximum atomic E-state index is 12.7. The lowest BCUT2D eigenvalue weighted by Gasteiger charge is -2.15. The number of hydrazone groups is 1. The van der Waals surface area contributed by atoms with Crippen molar-refractivity contribution in [3.8, 4) is 11.5 Å². The third-order valence-electron chi connectivity index (χ3n) is 5.93. The molecular formula is C31H24N2O4. The number of esters is 1. The van der Waals surface area contributed by atoms with Crippen molar-refractivity contribution in [2.45, 2.75) is 13.0 Å². The zero-order valence-corrected chi connectivity index (χ0v) is 20.1. The molecule has 0 heterocycles. The fraction of sp³-hybridized carbons (Fsp3) is 0.0645. The standard InChI is InChI=1S/C31H24N2O4/c1-21(36-28-17-9-14-22-10-6-8-16-26(22)28)30(34)33-32-20-27-25-15-7-5-11-23(25)18-19-29(27)37-31(35)24-12-3-2-4-13-24/h2-21H,1H3,(H,33,34)/b32-20-/t21-/m1/s1.